The van der Waals surface area contributed by atoms with Crippen LogP contribution in [0.1, 0.15) is 43.7 Å². The number of nitrogens with two attached hydrogens (primary N) is 1. The summed E-state index contributed by atoms with van der Waals surface area (Å²) in [6.45, 7) is 3.68. The molecule has 0 spiro atoms. The highest BCUT2D eigenvalue weighted by molar-refractivity contribution is 6.30. The van der Waals surface area contributed by atoms with Gasteiger partial charge < -0.3 is 0 Å². The van der Waals surface area contributed by atoms with Crippen LogP contribution in [-0.2, 0) is 0 Å². The van der Waals surface area contributed by atoms with E-state index in [1.54, 1.807) is 12.1 Å². The molecule has 0 aliphatic carbocycles. The van der Waals surface area contributed by atoms with Gasteiger partial charge in [-0.15, -0.1) is 6.58 Å². The zero-order valence-corrected chi connectivity index (χ0v) is 11.2. The van der Waals surface area contributed by atoms with Gasteiger partial charge >= 0.3 is 0 Å². The van der Waals surface area contributed by atoms with Gasteiger partial charge in [-0.05, 0) is 25.3 Å². The van der Waals surface area contributed by atoms with E-state index in [0.717, 1.165) is 32.1 Å². The van der Waals surface area contributed by atoms with Gasteiger partial charge in [-0.1, -0.05) is 42.7 Å². The molecule has 0 saturated carbocycles. The number of nitrogens with one attached hydrogen (secondary N) is 1. The van der Waals surface area contributed by atoms with E-state index in [0.29, 0.717) is 5.56 Å². The molecule has 18 heavy (non-hydrogen) atoms. The van der Waals surface area contributed by atoms with Crippen LogP contribution in [0, 0.1) is 5.82 Å². The summed E-state index contributed by atoms with van der Waals surface area (Å²) in [7, 11) is 0. The Balaban J connectivity index is 2.55. The molecule has 4 heteroatoms. The van der Waals surface area contributed by atoms with E-state index in [2.05, 4.69) is 12.0 Å². The van der Waals surface area contributed by atoms with Gasteiger partial charge in [0, 0.05) is 11.6 Å². The Kier molecular flexibility index (Phi) is 6.94. The van der Waals surface area contributed by atoms with Gasteiger partial charge in [0.25, 0.3) is 0 Å². The minimum Gasteiger partial charge on any atom is -0.271 e. The molecule has 0 aliphatic heterocycles. The van der Waals surface area contributed by atoms with E-state index in [4.69, 9.17) is 17.4 Å². The number of hydrazine groups is 1. The topological polar surface area (TPSA) is 38.0 Å². The second-order valence-electron chi connectivity index (χ2n) is 4.29. The molecule has 1 rings (SSSR count). The number of hydrogen-bond acceptors (Lipinski definition) is 2. The second-order valence-corrected chi connectivity index (χ2v) is 4.70. The predicted molar refractivity (Wildman–Crippen MR) is 74.8 cm³/mol. The lowest BCUT2D eigenvalue weighted by atomic mass is 10.00. The van der Waals surface area contributed by atoms with Gasteiger partial charge in [0.1, 0.15) is 5.82 Å². The molecule has 1 aromatic rings. The number of unbranched alkanes of at least 4 members (excludes halogenated alkanes) is 3. The van der Waals surface area contributed by atoms with Crippen molar-refractivity contribution in [2.75, 3.05) is 0 Å². The Morgan fingerprint density at radius 3 is 2.83 bits per heavy atom. The lowest BCUT2D eigenvalue weighted by Crippen LogP contribution is -2.28. The third kappa shape index (κ3) is 4.41. The average Bonchev–Trinajstić information content (AvgIpc) is 2.38. The third-order valence-electron chi connectivity index (χ3n) is 2.96. The van der Waals surface area contributed by atoms with E-state index in [1.165, 1.54) is 6.07 Å². The fourth-order valence-electron chi connectivity index (χ4n) is 1.93. The summed E-state index contributed by atoms with van der Waals surface area (Å²) >= 11 is 5.76. The average molecular weight is 271 g/mol. The van der Waals surface area contributed by atoms with Crippen LogP contribution in [0.2, 0.25) is 5.02 Å². The molecule has 0 aromatic heterocycles. The monoisotopic (exact) mass is 270 g/mol. The van der Waals surface area contributed by atoms with Gasteiger partial charge in [-0.25, -0.2) is 4.39 Å². The Labute approximate surface area is 113 Å². The molecule has 1 unspecified atom stereocenters. The zero-order chi connectivity index (χ0) is 13.4. The minimum absolute atomic E-state index is 0.138. The van der Waals surface area contributed by atoms with E-state index >= 15 is 0 Å². The smallest absolute Gasteiger partial charge is 0.146 e. The molecule has 0 bridgehead atoms. The molecule has 0 radical (unpaired) electrons. The maximum absolute atomic E-state index is 13.8. The highest BCUT2D eigenvalue weighted by Gasteiger charge is 2.15. The fourth-order valence-corrected chi connectivity index (χ4v) is 2.11. The van der Waals surface area contributed by atoms with E-state index < -0.39 is 0 Å². The van der Waals surface area contributed by atoms with Gasteiger partial charge in [0.05, 0.1) is 5.02 Å². The van der Waals surface area contributed by atoms with Gasteiger partial charge in [0.2, 0.25) is 0 Å². The van der Waals surface area contributed by atoms with Crippen molar-refractivity contribution < 1.29 is 4.39 Å². The van der Waals surface area contributed by atoms with Gasteiger partial charge in [0.15, 0.2) is 0 Å². The number of benzene rings is 1. The van der Waals surface area contributed by atoms with Crippen LogP contribution >= 0.6 is 11.6 Å². The number of halogens is 2. The van der Waals surface area contributed by atoms with E-state index in [1.807, 2.05) is 6.08 Å². The summed E-state index contributed by atoms with van der Waals surface area (Å²) in [6, 6.07) is 4.81. The molecule has 0 fully saturated rings. The second kappa shape index (κ2) is 8.25. The molecule has 0 heterocycles. The van der Waals surface area contributed by atoms with E-state index in [-0.39, 0.29) is 16.9 Å². The largest absolute Gasteiger partial charge is 0.271 e. The Hall–Kier alpha value is -0.900. The number of hydrogen-bond donors (Lipinski definition) is 2. The molecule has 1 atom stereocenters. The van der Waals surface area contributed by atoms with Crippen molar-refractivity contribution in [3.8, 4) is 0 Å². The maximum Gasteiger partial charge on any atom is 0.146 e. The molecule has 0 saturated heterocycles. The van der Waals surface area contributed by atoms with Gasteiger partial charge in [-0.3, -0.25) is 11.3 Å². The molecule has 0 aliphatic rings. The molecule has 0 amide bonds. The van der Waals surface area contributed by atoms with Crippen LogP contribution in [0.25, 0.3) is 0 Å². The minimum atomic E-state index is -0.381. The van der Waals surface area contributed by atoms with Crippen LogP contribution < -0.4 is 11.3 Å². The summed E-state index contributed by atoms with van der Waals surface area (Å²) in [5, 5.41) is 0.138. The Bertz CT molecular complexity index is 382. The zero-order valence-electron chi connectivity index (χ0n) is 10.5. The number of rotatable bonds is 8. The first-order valence-corrected chi connectivity index (χ1v) is 6.59. The predicted octanol–water partition coefficient (Wildman–Crippen LogP) is 4.12. The third-order valence-corrected chi connectivity index (χ3v) is 3.25. The summed E-state index contributed by atoms with van der Waals surface area (Å²) in [4.78, 5) is 0. The first-order valence-electron chi connectivity index (χ1n) is 6.21. The van der Waals surface area contributed by atoms with Crippen molar-refractivity contribution in [3.63, 3.8) is 0 Å². The Morgan fingerprint density at radius 1 is 1.39 bits per heavy atom. The van der Waals surface area contributed by atoms with Crippen LogP contribution in [0.15, 0.2) is 30.9 Å². The Morgan fingerprint density at radius 2 is 2.17 bits per heavy atom. The summed E-state index contributed by atoms with van der Waals surface area (Å²) in [5.41, 5.74) is 3.19. The lowest BCUT2D eigenvalue weighted by Gasteiger charge is -2.17. The summed E-state index contributed by atoms with van der Waals surface area (Å²) < 4.78 is 13.8. The fraction of sp³-hybridized carbons (Fsp3) is 0.429. The van der Waals surface area contributed by atoms with Crippen molar-refractivity contribution in [2.24, 2.45) is 5.84 Å². The molecular formula is C14H20ClFN2. The summed E-state index contributed by atoms with van der Waals surface area (Å²) in [6.07, 6.45) is 6.92. The van der Waals surface area contributed by atoms with Crippen LogP contribution in [0.5, 0.6) is 0 Å². The van der Waals surface area contributed by atoms with E-state index in [9.17, 15) is 4.39 Å². The van der Waals surface area contributed by atoms with Crippen LogP contribution in [-0.4, -0.2) is 0 Å². The van der Waals surface area contributed by atoms with Crippen molar-refractivity contribution in [1.29, 1.82) is 0 Å². The lowest BCUT2D eigenvalue weighted by molar-refractivity contribution is 0.462. The molecule has 100 valence electrons. The van der Waals surface area contributed by atoms with Gasteiger partial charge in [-0.2, -0.15) is 0 Å². The SMILES string of the molecule is C=CCCCCCC(NN)c1cccc(Cl)c1F. The quantitative estimate of drug-likeness (QED) is 0.323. The van der Waals surface area contributed by atoms with Crippen molar-refractivity contribution in [3.05, 3.63) is 47.3 Å². The maximum atomic E-state index is 13.8. The normalized spacial score (nSPS) is 12.4. The van der Waals surface area contributed by atoms with Crippen LogP contribution in [0.3, 0.4) is 0 Å². The van der Waals surface area contributed by atoms with Crippen LogP contribution in [0.4, 0.5) is 4.39 Å². The first kappa shape index (κ1) is 15.2. The highest BCUT2D eigenvalue weighted by atomic mass is 35.5. The molecular weight excluding hydrogens is 251 g/mol. The number of allylic oxidation sites excluding steroid dienone is 1. The molecule has 2 nitrogen and oxygen atoms in total. The van der Waals surface area contributed by atoms with Crippen molar-refractivity contribution >= 4 is 11.6 Å². The highest BCUT2D eigenvalue weighted by Crippen LogP contribution is 2.26. The first-order chi connectivity index (χ1) is 8.70. The van der Waals surface area contributed by atoms with Crippen molar-refractivity contribution in [2.45, 2.75) is 38.1 Å². The standard InChI is InChI=1S/C14H20ClFN2/c1-2-3-4-5-6-10-13(18-17)11-8-7-9-12(15)14(11)16/h2,7-9,13,18H,1,3-6,10,17H2. The summed E-state index contributed by atoms with van der Waals surface area (Å²) in [5.74, 6) is 5.11. The van der Waals surface area contributed by atoms with Crippen molar-refractivity contribution in [1.82, 2.24) is 5.43 Å². The molecule has 1 aromatic carbocycles. The molecule has 3 N–H and O–H groups in total.